The van der Waals surface area contributed by atoms with Gasteiger partial charge in [-0.25, -0.2) is 0 Å². The second-order valence-electron chi connectivity index (χ2n) is 7.13. The standard InChI is InChI=1S/C20H19I2NO4S/c1-20(2)14-5-3-4-6-17(14)23(9-10-28(25,26)27)18(20)8-7-13-11-15(21)19(24)16(22)12-13/h3-8,11-12H,9-10H2,1-2H3,(H,25,26,27)/p+1. The molecular weight excluding hydrogens is 604 g/mol. The van der Waals surface area contributed by atoms with E-state index in [4.69, 9.17) is 0 Å². The molecule has 0 radical (unpaired) electrons. The first kappa shape index (κ1) is 21.7. The van der Waals surface area contributed by atoms with E-state index in [1.807, 2.05) is 53.1 Å². The zero-order valence-electron chi connectivity index (χ0n) is 15.4. The lowest BCUT2D eigenvalue weighted by Crippen LogP contribution is -2.29. The maximum absolute atomic E-state index is 11.3. The van der Waals surface area contributed by atoms with Crippen molar-refractivity contribution in [2.75, 3.05) is 12.3 Å². The number of para-hydroxylation sites is 1. The van der Waals surface area contributed by atoms with Gasteiger partial charge in [0.25, 0.3) is 10.1 Å². The van der Waals surface area contributed by atoms with Crippen molar-refractivity contribution < 1.29 is 22.7 Å². The van der Waals surface area contributed by atoms with Gasteiger partial charge >= 0.3 is 0 Å². The molecule has 0 fully saturated rings. The molecule has 0 spiro atoms. The third kappa shape index (κ3) is 4.44. The maximum atomic E-state index is 11.3. The quantitative estimate of drug-likeness (QED) is 0.291. The Labute approximate surface area is 192 Å². The summed E-state index contributed by atoms with van der Waals surface area (Å²) in [5, 5.41) is 9.97. The van der Waals surface area contributed by atoms with Crippen molar-refractivity contribution in [2.24, 2.45) is 0 Å². The molecule has 1 aliphatic heterocycles. The summed E-state index contributed by atoms with van der Waals surface area (Å²) in [5.41, 5.74) is 3.64. The van der Waals surface area contributed by atoms with Gasteiger partial charge in [-0.3, -0.25) is 4.55 Å². The van der Waals surface area contributed by atoms with Crippen molar-refractivity contribution in [1.82, 2.24) is 0 Å². The summed E-state index contributed by atoms with van der Waals surface area (Å²) in [7, 11) is -4.07. The van der Waals surface area contributed by atoms with E-state index >= 15 is 0 Å². The molecule has 0 saturated heterocycles. The van der Waals surface area contributed by atoms with Crippen LogP contribution in [0, 0.1) is 7.14 Å². The van der Waals surface area contributed by atoms with Gasteiger partial charge in [0, 0.05) is 17.7 Å². The summed E-state index contributed by atoms with van der Waals surface area (Å²) < 4.78 is 35.4. The van der Waals surface area contributed by atoms with Gasteiger partial charge in [-0.2, -0.15) is 13.0 Å². The molecule has 0 amide bonds. The Kier molecular flexibility index (Phi) is 6.23. The largest absolute Gasteiger partial charge is 0.506 e. The van der Waals surface area contributed by atoms with Gasteiger partial charge in [0.05, 0.1) is 12.6 Å². The van der Waals surface area contributed by atoms with E-state index in [1.165, 1.54) is 0 Å². The van der Waals surface area contributed by atoms with Gasteiger partial charge in [-0.1, -0.05) is 18.2 Å². The molecule has 148 valence electrons. The number of aromatic hydroxyl groups is 1. The number of rotatable bonds is 5. The van der Waals surface area contributed by atoms with Gasteiger partial charge < -0.3 is 5.11 Å². The fourth-order valence-corrected chi connectivity index (χ4v) is 5.67. The minimum absolute atomic E-state index is 0.170. The minimum atomic E-state index is -4.07. The highest BCUT2D eigenvalue weighted by Crippen LogP contribution is 2.40. The Morgan fingerprint density at radius 3 is 2.32 bits per heavy atom. The van der Waals surface area contributed by atoms with Crippen LogP contribution in [-0.2, 0) is 15.5 Å². The van der Waals surface area contributed by atoms with Crippen LogP contribution >= 0.6 is 45.2 Å². The number of fused-ring (bicyclic) bond motifs is 1. The van der Waals surface area contributed by atoms with Crippen LogP contribution in [0.3, 0.4) is 0 Å². The molecule has 1 aliphatic rings. The highest BCUT2D eigenvalue weighted by atomic mass is 127. The van der Waals surface area contributed by atoms with Crippen molar-refractivity contribution >= 4 is 72.8 Å². The van der Waals surface area contributed by atoms with E-state index in [9.17, 15) is 18.1 Å². The Morgan fingerprint density at radius 1 is 1.11 bits per heavy atom. The van der Waals surface area contributed by atoms with Crippen LogP contribution in [0.2, 0.25) is 0 Å². The van der Waals surface area contributed by atoms with Crippen LogP contribution in [0.15, 0.2) is 42.5 Å². The smallest absolute Gasteiger partial charge is 0.271 e. The summed E-state index contributed by atoms with van der Waals surface area (Å²) in [4.78, 5) is 0. The average Bonchev–Trinajstić information content (AvgIpc) is 2.82. The van der Waals surface area contributed by atoms with E-state index in [0.29, 0.717) is 0 Å². The Balaban J connectivity index is 2.08. The zero-order valence-corrected chi connectivity index (χ0v) is 20.5. The lowest BCUT2D eigenvalue weighted by Gasteiger charge is -2.15. The predicted molar refractivity (Wildman–Crippen MR) is 128 cm³/mol. The van der Waals surface area contributed by atoms with Gasteiger partial charge in [-0.05, 0) is 82.8 Å². The number of allylic oxidation sites excluding steroid dienone is 1. The van der Waals surface area contributed by atoms with Gasteiger partial charge in [-0.15, -0.1) is 0 Å². The van der Waals surface area contributed by atoms with Crippen LogP contribution in [-0.4, -0.2) is 40.7 Å². The topological polar surface area (TPSA) is 77.6 Å². The molecule has 2 aromatic carbocycles. The average molecular weight is 624 g/mol. The van der Waals surface area contributed by atoms with Crippen molar-refractivity contribution in [3.8, 4) is 5.75 Å². The second-order valence-corrected chi connectivity index (χ2v) is 11.0. The van der Waals surface area contributed by atoms with Gasteiger partial charge in [0.2, 0.25) is 5.69 Å². The molecule has 0 unspecified atom stereocenters. The molecule has 0 bridgehead atoms. The minimum Gasteiger partial charge on any atom is -0.506 e. The molecule has 3 rings (SSSR count). The zero-order chi connectivity index (χ0) is 20.7. The molecule has 0 aromatic heterocycles. The van der Waals surface area contributed by atoms with Crippen LogP contribution < -0.4 is 0 Å². The predicted octanol–water partition coefficient (Wildman–Crippen LogP) is 4.58. The number of nitrogens with zero attached hydrogens (tertiary/aromatic N) is 1. The first-order valence-corrected chi connectivity index (χ1v) is 12.3. The normalized spacial score (nSPS) is 16.0. The SMILES string of the molecule is CC1(C)C(C=Cc2cc(I)c(O)c(I)c2)=[N+](CCS(=O)(=O)O)c2ccccc21. The third-order valence-corrected chi connectivity index (χ3v) is 7.19. The van der Waals surface area contributed by atoms with Crippen molar-refractivity contribution in [1.29, 1.82) is 0 Å². The molecule has 0 saturated carbocycles. The summed E-state index contributed by atoms with van der Waals surface area (Å²) in [6.07, 6.45) is 3.95. The van der Waals surface area contributed by atoms with Crippen LogP contribution in [0.25, 0.3) is 6.08 Å². The highest BCUT2D eigenvalue weighted by Gasteiger charge is 2.44. The molecule has 2 N–H and O–H groups in total. The molecule has 0 atom stereocenters. The fraction of sp³-hybridized carbons (Fsp3) is 0.250. The van der Waals surface area contributed by atoms with Crippen LogP contribution in [0.5, 0.6) is 5.75 Å². The number of halogens is 2. The lowest BCUT2D eigenvalue weighted by molar-refractivity contribution is -0.432. The highest BCUT2D eigenvalue weighted by molar-refractivity contribution is 14.1. The maximum Gasteiger partial charge on any atom is 0.271 e. The third-order valence-electron chi connectivity index (χ3n) is 4.85. The first-order valence-electron chi connectivity index (χ1n) is 8.56. The van der Waals surface area contributed by atoms with E-state index in [1.54, 1.807) is 0 Å². The van der Waals surface area contributed by atoms with E-state index in [0.717, 1.165) is 29.7 Å². The number of hydrogen-bond acceptors (Lipinski definition) is 3. The fourth-order valence-electron chi connectivity index (χ4n) is 3.45. The van der Waals surface area contributed by atoms with E-state index < -0.39 is 10.1 Å². The van der Waals surface area contributed by atoms with Crippen LogP contribution in [0.1, 0.15) is 25.0 Å². The number of benzene rings is 2. The van der Waals surface area contributed by atoms with E-state index in [2.05, 4.69) is 59.0 Å². The summed E-state index contributed by atoms with van der Waals surface area (Å²) in [5.74, 6) is -0.0709. The Morgan fingerprint density at radius 2 is 1.71 bits per heavy atom. The van der Waals surface area contributed by atoms with Crippen LogP contribution in [0.4, 0.5) is 5.69 Å². The molecule has 5 nitrogen and oxygen atoms in total. The number of hydrogen-bond donors (Lipinski definition) is 2. The lowest BCUT2D eigenvalue weighted by atomic mass is 9.81. The van der Waals surface area contributed by atoms with Crippen molar-refractivity contribution in [3.05, 3.63) is 60.7 Å². The molecular formula is C20H20I2NO4S+. The van der Waals surface area contributed by atoms with Crippen molar-refractivity contribution in [2.45, 2.75) is 19.3 Å². The molecule has 1 heterocycles. The summed E-state index contributed by atoms with van der Waals surface area (Å²) in [6, 6.07) is 11.7. The second kappa shape index (κ2) is 8.04. The number of phenols is 1. The summed E-state index contributed by atoms with van der Waals surface area (Å²) >= 11 is 4.19. The summed E-state index contributed by atoms with van der Waals surface area (Å²) in [6.45, 7) is 4.37. The first-order chi connectivity index (χ1) is 13.0. The van der Waals surface area contributed by atoms with E-state index in [-0.39, 0.29) is 23.5 Å². The Bertz CT molecular complexity index is 1080. The van der Waals surface area contributed by atoms with Gasteiger partial charge in [0.15, 0.2) is 12.3 Å². The number of phenolic OH excluding ortho intramolecular Hbond substituents is 1. The molecule has 0 aliphatic carbocycles. The molecule has 28 heavy (non-hydrogen) atoms. The van der Waals surface area contributed by atoms with Gasteiger partial charge in [0.1, 0.15) is 11.5 Å². The molecule has 2 aromatic rings. The van der Waals surface area contributed by atoms with Crippen molar-refractivity contribution in [3.63, 3.8) is 0 Å². The molecule has 8 heteroatoms. The Hall–Kier alpha value is -0.980. The monoisotopic (exact) mass is 624 g/mol.